The molecule has 0 bridgehead atoms. The number of carboxylic acids is 1. The lowest BCUT2D eigenvalue weighted by Gasteiger charge is -2.18. The van der Waals surface area contributed by atoms with Crippen LogP contribution in [0, 0.1) is 0 Å². The predicted octanol–water partition coefficient (Wildman–Crippen LogP) is 2.29. The van der Waals surface area contributed by atoms with Crippen molar-refractivity contribution in [2.45, 2.75) is 32.2 Å². The molecule has 0 aliphatic heterocycles. The highest BCUT2D eigenvalue weighted by Gasteiger charge is 2.28. The van der Waals surface area contributed by atoms with E-state index in [-0.39, 0.29) is 22.9 Å². The Morgan fingerprint density at radius 1 is 1.21 bits per heavy atom. The Balaban J connectivity index is 1.89. The topological polar surface area (TPSA) is 90.5 Å². The third kappa shape index (κ3) is 3.12. The van der Waals surface area contributed by atoms with Crippen molar-refractivity contribution in [3.8, 4) is 0 Å². The van der Waals surface area contributed by atoms with Crippen molar-refractivity contribution >= 4 is 23.2 Å². The fraction of sp³-hybridized carbons (Fsp3) is 0.353. The van der Waals surface area contributed by atoms with E-state index in [4.69, 9.17) is 0 Å². The zero-order valence-electron chi connectivity index (χ0n) is 13.3. The Labute approximate surface area is 142 Å². The predicted molar refractivity (Wildman–Crippen MR) is 90.8 cm³/mol. The van der Waals surface area contributed by atoms with Gasteiger partial charge in [0.25, 0.3) is 5.91 Å². The number of aromatic nitrogens is 1. The van der Waals surface area contributed by atoms with E-state index >= 15 is 0 Å². The summed E-state index contributed by atoms with van der Waals surface area (Å²) in [6.45, 7) is 0.268. The average Bonchev–Trinajstić information content (AvgIpc) is 2.94. The number of nitrogens with one attached hydrogen (secondary N) is 1. The number of carbonyl (C=O) groups excluding carboxylic acids is 1. The molecular weight excluding hydrogens is 328 g/mol. The number of amides is 1. The van der Waals surface area contributed by atoms with E-state index in [1.54, 1.807) is 19.2 Å². The zero-order valence-corrected chi connectivity index (χ0v) is 14.1. The Kier molecular flexibility index (Phi) is 4.53. The van der Waals surface area contributed by atoms with Gasteiger partial charge in [0.05, 0.1) is 11.4 Å². The number of pyridine rings is 1. The largest absolute Gasteiger partial charge is 0.477 e. The second kappa shape index (κ2) is 6.60. The van der Waals surface area contributed by atoms with Crippen LogP contribution in [0.2, 0.25) is 0 Å². The molecule has 0 aromatic carbocycles. The third-order valence-corrected chi connectivity index (χ3v) is 5.44. The molecule has 1 amide bonds. The van der Waals surface area contributed by atoms with Gasteiger partial charge in [-0.2, -0.15) is 0 Å². The highest BCUT2D eigenvalue weighted by atomic mass is 32.1. The number of hydrogen-bond donors (Lipinski definition) is 2. The Bertz CT molecular complexity index is 853. The Morgan fingerprint density at radius 2 is 1.88 bits per heavy atom. The lowest BCUT2D eigenvalue weighted by Crippen LogP contribution is -2.27. The van der Waals surface area contributed by atoms with E-state index in [1.165, 1.54) is 11.0 Å². The number of hydrogen-bond acceptors (Lipinski definition) is 4. The number of nitrogens with zero attached hydrogens (tertiary/aromatic N) is 1. The second-order valence-electron chi connectivity index (χ2n) is 5.93. The molecule has 2 N–H and O–H groups in total. The zero-order chi connectivity index (χ0) is 17.3. The molecule has 0 radical (unpaired) electrons. The van der Waals surface area contributed by atoms with E-state index < -0.39 is 5.97 Å². The summed E-state index contributed by atoms with van der Waals surface area (Å²) in [4.78, 5) is 40.6. The third-order valence-electron chi connectivity index (χ3n) is 4.19. The summed E-state index contributed by atoms with van der Waals surface area (Å²) >= 11 is 1.07. The van der Waals surface area contributed by atoms with Crippen molar-refractivity contribution in [2.75, 3.05) is 7.05 Å². The molecular formula is C17H18N2O4S. The van der Waals surface area contributed by atoms with Crippen LogP contribution in [-0.4, -0.2) is 33.9 Å². The lowest BCUT2D eigenvalue weighted by molar-refractivity contribution is 0.0700. The van der Waals surface area contributed by atoms with Crippen molar-refractivity contribution in [3.05, 3.63) is 55.1 Å². The molecule has 3 rings (SSSR count). The van der Waals surface area contributed by atoms with Crippen molar-refractivity contribution in [3.63, 3.8) is 0 Å². The van der Waals surface area contributed by atoms with Crippen LogP contribution in [0.4, 0.5) is 0 Å². The number of aromatic carboxylic acids is 1. The molecule has 0 unspecified atom stereocenters. The number of carboxylic acid groups (broad SMARTS) is 1. The van der Waals surface area contributed by atoms with Gasteiger partial charge in [-0.15, -0.1) is 11.3 Å². The van der Waals surface area contributed by atoms with Gasteiger partial charge in [0.2, 0.25) is 5.56 Å². The first kappa shape index (κ1) is 16.4. The maximum absolute atomic E-state index is 12.8. The molecule has 24 heavy (non-hydrogen) atoms. The molecule has 1 aliphatic carbocycles. The van der Waals surface area contributed by atoms with Crippen molar-refractivity contribution < 1.29 is 14.7 Å². The molecule has 126 valence electrons. The van der Waals surface area contributed by atoms with Crippen LogP contribution in [0.25, 0.3) is 0 Å². The van der Waals surface area contributed by atoms with Crippen LogP contribution in [0.15, 0.2) is 23.0 Å². The molecule has 2 aromatic heterocycles. The van der Waals surface area contributed by atoms with Crippen LogP contribution in [0.1, 0.15) is 49.0 Å². The molecule has 0 fully saturated rings. The number of H-pyrrole nitrogens is 1. The van der Waals surface area contributed by atoms with Crippen molar-refractivity contribution in [2.24, 2.45) is 0 Å². The normalized spacial score (nSPS) is 13.4. The van der Waals surface area contributed by atoms with Gasteiger partial charge in [0.15, 0.2) is 0 Å². The highest BCUT2D eigenvalue weighted by molar-refractivity contribution is 7.16. The summed E-state index contributed by atoms with van der Waals surface area (Å²) in [6.07, 6.45) is 3.39. The standard InChI is InChI=1S/C17H18N2O4S/c1-19(9-10-5-4-8-13(20)18-10)16(21)14-11-6-2-3-7-12(11)15(24-14)17(22)23/h4-5,8H,2-3,6-7,9H2,1H3,(H,18,20)(H,22,23). The summed E-state index contributed by atoms with van der Waals surface area (Å²) in [5.74, 6) is -1.16. The van der Waals surface area contributed by atoms with Gasteiger partial charge in [-0.05, 0) is 42.9 Å². The minimum atomic E-state index is -0.966. The lowest BCUT2D eigenvalue weighted by atomic mass is 9.92. The summed E-state index contributed by atoms with van der Waals surface area (Å²) in [5, 5.41) is 9.39. The average molecular weight is 346 g/mol. The van der Waals surface area contributed by atoms with E-state index in [1.807, 2.05) is 0 Å². The Hall–Kier alpha value is -2.41. The van der Waals surface area contributed by atoms with E-state index in [0.717, 1.165) is 48.1 Å². The Morgan fingerprint density at radius 3 is 2.50 bits per heavy atom. The molecule has 0 spiro atoms. The van der Waals surface area contributed by atoms with Crippen LogP contribution < -0.4 is 5.56 Å². The first-order valence-corrected chi connectivity index (χ1v) is 8.60. The minimum Gasteiger partial charge on any atom is -0.477 e. The van der Waals surface area contributed by atoms with Crippen LogP contribution in [-0.2, 0) is 19.4 Å². The van der Waals surface area contributed by atoms with E-state index in [0.29, 0.717) is 10.6 Å². The van der Waals surface area contributed by atoms with Gasteiger partial charge in [0, 0.05) is 18.8 Å². The molecule has 7 heteroatoms. The number of rotatable bonds is 4. The fourth-order valence-electron chi connectivity index (χ4n) is 3.06. The van der Waals surface area contributed by atoms with Gasteiger partial charge in [-0.25, -0.2) is 4.79 Å². The SMILES string of the molecule is CN(Cc1cccc(=O)[nH]1)C(=O)c1sc(C(=O)O)c2c1CCCC2. The van der Waals surface area contributed by atoms with Gasteiger partial charge in [-0.1, -0.05) is 6.07 Å². The molecule has 0 saturated carbocycles. The van der Waals surface area contributed by atoms with Gasteiger partial charge in [0.1, 0.15) is 4.88 Å². The summed E-state index contributed by atoms with van der Waals surface area (Å²) in [6, 6.07) is 4.81. The first-order chi connectivity index (χ1) is 11.5. The first-order valence-electron chi connectivity index (χ1n) is 7.79. The molecule has 2 aromatic rings. The molecule has 0 atom stereocenters. The molecule has 1 aliphatic rings. The minimum absolute atomic E-state index is 0.199. The van der Waals surface area contributed by atoms with E-state index in [2.05, 4.69) is 4.98 Å². The fourth-order valence-corrected chi connectivity index (χ4v) is 4.29. The molecule has 6 nitrogen and oxygen atoms in total. The second-order valence-corrected chi connectivity index (χ2v) is 6.95. The monoisotopic (exact) mass is 346 g/mol. The number of fused-ring (bicyclic) bond motifs is 1. The van der Waals surface area contributed by atoms with Gasteiger partial charge >= 0.3 is 5.97 Å². The van der Waals surface area contributed by atoms with Crippen molar-refractivity contribution in [1.29, 1.82) is 0 Å². The number of aromatic amines is 1. The van der Waals surface area contributed by atoms with Gasteiger partial charge < -0.3 is 15.0 Å². The number of thiophene rings is 1. The quantitative estimate of drug-likeness (QED) is 0.889. The summed E-state index contributed by atoms with van der Waals surface area (Å²) in [7, 11) is 1.66. The maximum atomic E-state index is 12.8. The van der Waals surface area contributed by atoms with Crippen LogP contribution >= 0.6 is 11.3 Å². The summed E-state index contributed by atoms with van der Waals surface area (Å²) in [5.41, 5.74) is 2.14. The smallest absolute Gasteiger partial charge is 0.346 e. The van der Waals surface area contributed by atoms with Gasteiger partial charge in [-0.3, -0.25) is 9.59 Å². The van der Waals surface area contributed by atoms with Crippen LogP contribution in [0.5, 0.6) is 0 Å². The van der Waals surface area contributed by atoms with Crippen LogP contribution in [0.3, 0.4) is 0 Å². The van der Waals surface area contributed by atoms with E-state index in [9.17, 15) is 19.5 Å². The summed E-state index contributed by atoms with van der Waals surface area (Å²) < 4.78 is 0. The number of carbonyl (C=O) groups is 2. The maximum Gasteiger partial charge on any atom is 0.346 e. The highest BCUT2D eigenvalue weighted by Crippen LogP contribution is 2.35. The van der Waals surface area contributed by atoms with Crippen molar-refractivity contribution in [1.82, 2.24) is 9.88 Å². The molecule has 0 saturated heterocycles. The molecule has 2 heterocycles.